The normalized spacial score (nSPS) is 16.6. The van der Waals surface area contributed by atoms with Crippen LogP contribution in [0.5, 0.6) is 0 Å². The maximum Gasteiger partial charge on any atom is 0.337 e. The van der Waals surface area contributed by atoms with Crippen LogP contribution in [0.2, 0.25) is 0 Å². The van der Waals surface area contributed by atoms with Crippen molar-refractivity contribution < 1.29 is 19.1 Å². The van der Waals surface area contributed by atoms with Crippen LogP contribution < -0.4 is 5.32 Å². The Morgan fingerprint density at radius 1 is 1.03 bits per heavy atom. The molecule has 0 saturated carbocycles. The number of pyridine rings is 1. The van der Waals surface area contributed by atoms with Crippen molar-refractivity contribution in [2.45, 2.75) is 66.3 Å². The van der Waals surface area contributed by atoms with E-state index in [1.807, 2.05) is 69.1 Å². The lowest BCUT2D eigenvalue weighted by atomic mass is 9.82. The summed E-state index contributed by atoms with van der Waals surface area (Å²) in [4.78, 5) is 32.8. The highest BCUT2D eigenvalue weighted by Gasteiger charge is 2.37. The van der Waals surface area contributed by atoms with E-state index in [1.54, 1.807) is 18.5 Å². The second-order valence-corrected chi connectivity index (χ2v) is 9.24. The summed E-state index contributed by atoms with van der Waals surface area (Å²) >= 11 is 0. The summed E-state index contributed by atoms with van der Waals surface area (Å²) in [5.74, 6) is -1.25. The lowest BCUT2D eigenvalue weighted by Crippen LogP contribution is -2.37. The molecule has 0 amide bonds. The third-order valence-electron chi connectivity index (χ3n) is 6.43. The number of nitrogens with zero attached hydrogens (tertiary/aromatic N) is 2. The fraction of sp³-hybridized carbons (Fsp3) is 0.414. The van der Waals surface area contributed by atoms with E-state index in [-0.39, 0.29) is 6.61 Å². The number of hydrogen-bond donors (Lipinski definition) is 1. The zero-order valence-corrected chi connectivity index (χ0v) is 21.9. The van der Waals surface area contributed by atoms with Gasteiger partial charge in [0.1, 0.15) is 6.61 Å². The molecule has 1 aliphatic heterocycles. The number of ether oxygens (including phenoxy) is 2. The molecule has 2 heterocycles. The van der Waals surface area contributed by atoms with Crippen LogP contribution in [0.3, 0.4) is 0 Å². The number of dihydropyridines is 1. The smallest absolute Gasteiger partial charge is 0.337 e. The van der Waals surface area contributed by atoms with E-state index in [1.165, 1.54) is 0 Å². The Bertz CT molecular complexity index is 1100. The summed E-state index contributed by atoms with van der Waals surface area (Å²) in [6.45, 7) is 8.42. The number of allylic oxidation sites excluding steroid dienone is 2. The fourth-order valence-electron chi connectivity index (χ4n) is 4.39. The quantitative estimate of drug-likeness (QED) is 0.346. The van der Waals surface area contributed by atoms with Crippen LogP contribution in [0.1, 0.15) is 58.1 Å². The van der Waals surface area contributed by atoms with Crippen LogP contribution in [-0.2, 0) is 32.2 Å². The van der Waals surface area contributed by atoms with Crippen molar-refractivity contribution in [3.8, 4) is 0 Å². The summed E-state index contributed by atoms with van der Waals surface area (Å²) in [7, 11) is 1.92. The minimum atomic E-state index is -0.446. The summed E-state index contributed by atoms with van der Waals surface area (Å²) in [5, 5.41) is 3.22. The lowest BCUT2D eigenvalue weighted by Gasteiger charge is -2.32. The van der Waals surface area contributed by atoms with Gasteiger partial charge >= 0.3 is 11.9 Å². The Morgan fingerprint density at radius 3 is 2.33 bits per heavy atom. The van der Waals surface area contributed by atoms with Crippen LogP contribution in [0.25, 0.3) is 0 Å². The zero-order valence-electron chi connectivity index (χ0n) is 21.9. The summed E-state index contributed by atoms with van der Waals surface area (Å²) < 4.78 is 11.5. The standard InChI is InChI=1S/C29H37N3O4/c1-6-7-15-25-26(28(33)35-19-24-14-11-16-30-17-24)20(2)31-21(3)27(25)29(34)36-22(4)32(5)18-23-12-9-8-10-13-23/h8-14,16-17,22,25,31H,6-7,15,18-19H2,1-5H3. The number of carbonyl (C=O) groups is 2. The Morgan fingerprint density at radius 2 is 1.69 bits per heavy atom. The molecule has 2 aromatic rings. The van der Waals surface area contributed by atoms with Gasteiger partial charge in [0.25, 0.3) is 0 Å². The highest BCUT2D eigenvalue weighted by Crippen LogP contribution is 2.35. The summed E-state index contributed by atoms with van der Waals surface area (Å²) in [6.07, 6.45) is 5.36. The van der Waals surface area contributed by atoms with Gasteiger partial charge in [-0.15, -0.1) is 0 Å². The molecule has 2 unspecified atom stereocenters. The van der Waals surface area contributed by atoms with Gasteiger partial charge < -0.3 is 14.8 Å². The molecular formula is C29H37N3O4. The minimum absolute atomic E-state index is 0.119. The monoisotopic (exact) mass is 491 g/mol. The van der Waals surface area contributed by atoms with Gasteiger partial charge in [-0.3, -0.25) is 9.88 Å². The zero-order chi connectivity index (χ0) is 26.1. The Labute approximate surface area is 214 Å². The maximum absolute atomic E-state index is 13.5. The molecule has 0 radical (unpaired) electrons. The highest BCUT2D eigenvalue weighted by atomic mass is 16.6. The van der Waals surface area contributed by atoms with Gasteiger partial charge in [-0.25, -0.2) is 9.59 Å². The van der Waals surface area contributed by atoms with Crippen LogP contribution in [0.4, 0.5) is 0 Å². The molecule has 0 aliphatic carbocycles. The first-order valence-electron chi connectivity index (χ1n) is 12.5. The largest absolute Gasteiger partial charge is 0.457 e. The van der Waals surface area contributed by atoms with Gasteiger partial charge in [0.2, 0.25) is 0 Å². The first kappa shape index (κ1) is 27.1. The van der Waals surface area contributed by atoms with Crippen molar-refractivity contribution in [1.29, 1.82) is 0 Å². The second kappa shape index (κ2) is 13.0. The number of esters is 2. The van der Waals surface area contributed by atoms with Crippen molar-refractivity contribution in [3.63, 3.8) is 0 Å². The first-order chi connectivity index (χ1) is 17.3. The average Bonchev–Trinajstić information content (AvgIpc) is 2.86. The van der Waals surface area contributed by atoms with Gasteiger partial charge in [-0.05, 0) is 45.9 Å². The number of unbranched alkanes of at least 4 members (excludes halogenated alkanes) is 1. The van der Waals surface area contributed by atoms with Crippen LogP contribution in [0, 0.1) is 5.92 Å². The molecule has 1 N–H and O–H groups in total. The molecule has 0 fully saturated rings. The van der Waals surface area contributed by atoms with Crippen molar-refractivity contribution in [2.24, 2.45) is 5.92 Å². The third kappa shape index (κ3) is 7.04. The van der Waals surface area contributed by atoms with Gasteiger partial charge in [0, 0.05) is 41.8 Å². The van der Waals surface area contributed by atoms with E-state index >= 15 is 0 Å². The molecule has 7 heteroatoms. The van der Waals surface area contributed by atoms with Crippen molar-refractivity contribution in [2.75, 3.05) is 7.05 Å². The molecule has 1 aromatic carbocycles. The maximum atomic E-state index is 13.5. The van der Waals surface area contributed by atoms with Crippen LogP contribution in [0.15, 0.2) is 77.4 Å². The van der Waals surface area contributed by atoms with Crippen molar-refractivity contribution in [1.82, 2.24) is 15.2 Å². The highest BCUT2D eigenvalue weighted by molar-refractivity contribution is 5.97. The van der Waals surface area contributed by atoms with Crippen molar-refractivity contribution in [3.05, 3.63) is 88.5 Å². The van der Waals surface area contributed by atoms with E-state index in [9.17, 15) is 9.59 Å². The molecule has 192 valence electrons. The Balaban J connectivity index is 1.76. The summed E-state index contributed by atoms with van der Waals surface area (Å²) in [6, 6.07) is 13.7. The van der Waals surface area contributed by atoms with Crippen molar-refractivity contribution >= 4 is 11.9 Å². The number of carbonyl (C=O) groups excluding carboxylic acids is 2. The van der Waals surface area contributed by atoms with Crippen LogP contribution >= 0.6 is 0 Å². The fourth-order valence-corrected chi connectivity index (χ4v) is 4.39. The molecule has 0 bridgehead atoms. The minimum Gasteiger partial charge on any atom is -0.457 e. The molecular weight excluding hydrogens is 454 g/mol. The van der Waals surface area contributed by atoms with Gasteiger partial charge in [0.15, 0.2) is 6.23 Å². The Hall–Kier alpha value is -3.45. The predicted molar refractivity (Wildman–Crippen MR) is 139 cm³/mol. The number of nitrogens with one attached hydrogen (secondary N) is 1. The topological polar surface area (TPSA) is 80.8 Å². The Kier molecular flexibility index (Phi) is 9.82. The van der Waals surface area contributed by atoms with Gasteiger partial charge in [-0.2, -0.15) is 0 Å². The van der Waals surface area contributed by atoms with Gasteiger partial charge in [0.05, 0.1) is 11.1 Å². The molecule has 7 nitrogen and oxygen atoms in total. The molecule has 0 spiro atoms. The molecule has 1 aliphatic rings. The molecule has 2 atom stereocenters. The van der Waals surface area contributed by atoms with E-state index in [0.29, 0.717) is 35.5 Å². The second-order valence-electron chi connectivity index (χ2n) is 9.24. The van der Waals surface area contributed by atoms with E-state index in [2.05, 4.69) is 17.2 Å². The molecule has 3 rings (SSSR count). The SMILES string of the molecule is CCCCC1C(C(=O)OCc2cccnc2)=C(C)NC(C)=C1C(=O)OC(C)N(C)Cc1ccccc1. The van der Waals surface area contributed by atoms with E-state index in [0.717, 1.165) is 24.0 Å². The van der Waals surface area contributed by atoms with E-state index < -0.39 is 24.1 Å². The third-order valence-corrected chi connectivity index (χ3v) is 6.43. The summed E-state index contributed by atoms with van der Waals surface area (Å²) in [5.41, 5.74) is 4.32. The predicted octanol–water partition coefficient (Wildman–Crippen LogP) is 5.10. The average molecular weight is 492 g/mol. The number of benzene rings is 1. The number of aromatic nitrogens is 1. The lowest BCUT2D eigenvalue weighted by molar-refractivity contribution is -0.152. The van der Waals surface area contributed by atoms with Crippen LogP contribution in [-0.4, -0.2) is 35.1 Å². The molecule has 36 heavy (non-hydrogen) atoms. The first-order valence-corrected chi connectivity index (χ1v) is 12.5. The molecule has 0 saturated heterocycles. The number of rotatable bonds is 11. The number of hydrogen-bond acceptors (Lipinski definition) is 7. The van der Waals surface area contributed by atoms with Gasteiger partial charge in [-0.1, -0.05) is 56.2 Å². The molecule has 1 aromatic heterocycles. The van der Waals surface area contributed by atoms with E-state index in [4.69, 9.17) is 9.47 Å².